The highest BCUT2D eigenvalue weighted by molar-refractivity contribution is 5.79. The van der Waals surface area contributed by atoms with E-state index in [4.69, 9.17) is 4.74 Å². The van der Waals surface area contributed by atoms with E-state index in [-0.39, 0.29) is 30.2 Å². The quantitative estimate of drug-likeness (QED) is 0.605. The maximum absolute atomic E-state index is 12.3. The number of amides is 2. The van der Waals surface area contributed by atoms with Crippen molar-refractivity contribution in [3.8, 4) is 0 Å². The standard InChI is InChI=1S/C19H26N2O4/c1-3-25-19(24)9-6-11-20-18(23)13-17-16-8-5-4-7-15(16)10-12-21(17)14(2)22/h4-5,7-8,17H,3,6,9-13H2,1-2H3,(H,20,23). The molecule has 1 heterocycles. The van der Waals surface area contributed by atoms with Crippen LogP contribution >= 0.6 is 0 Å². The van der Waals surface area contributed by atoms with Gasteiger partial charge in [0.1, 0.15) is 0 Å². The Bertz CT molecular complexity index is 630. The van der Waals surface area contributed by atoms with Crippen LogP contribution < -0.4 is 5.32 Å². The van der Waals surface area contributed by atoms with Crippen LogP contribution in [0.5, 0.6) is 0 Å². The Morgan fingerprint density at radius 3 is 2.76 bits per heavy atom. The van der Waals surface area contributed by atoms with Gasteiger partial charge in [-0.05, 0) is 30.9 Å². The summed E-state index contributed by atoms with van der Waals surface area (Å²) in [7, 11) is 0. The second kappa shape index (κ2) is 9.20. The number of carbonyl (C=O) groups excluding carboxylic acids is 3. The Balaban J connectivity index is 1.91. The summed E-state index contributed by atoms with van der Waals surface area (Å²) in [4.78, 5) is 37.3. The zero-order valence-corrected chi connectivity index (χ0v) is 14.9. The summed E-state index contributed by atoms with van der Waals surface area (Å²) in [5.41, 5.74) is 2.24. The average Bonchev–Trinajstić information content (AvgIpc) is 2.59. The third-order valence-electron chi connectivity index (χ3n) is 4.38. The van der Waals surface area contributed by atoms with Gasteiger partial charge in [-0.1, -0.05) is 24.3 Å². The number of nitrogens with zero attached hydrogens (tertiary/aromatic N) is 1. The van der Waals surface area contributed by atoms with Crippen molar-refractivity contribution in [2.75, 3.05) is 19.7 Å². The first-order valence-corrected chi connectivity index (χ1v) is 8.80. The molecule has 136 valence electrons. The van der Waals surface area contributed by atoms with Crippen molar-refractivity contribution in [1.29, 1.82) is 0 Å². The third-order valence-corrected chi connectivity index (χ3v) is 4.38. The first-order chi connectivity index (χ1) is 12.0. The molecular weight excluding hydrogens is 320 g/mol. The van der Waals surface area contributed by atoms with Crippen LogP contribution in [0.15, 0.2) is 24.3 Å². The molecule has 0 fully saturated rings. The molecule has 0 saturated carbocycles. The Labute approximate surface area is 148 Å². The molecule has 0 spiro atoms. The number of benzene rings is 1. The molecule has 0 radical (unpaired) electrons. The number of esters is 1. The van der Waals surface area contributed by atoms with Crippen molar-refractivity contribution in [2.24, 2.45) is 0 Å². The molecule has 25 heavy (non-hydrogen) atoms. The molecule has 1 aliphatic rings. The lowest BCUT2D eigenvalue weighted by Crippen LogP contribution is -2.41. The zero-order valence-electron chi connectivity index (χ0n) is 14.9. The molecule has 6 nitrogen and oxygen atoms in total. The summed E-state index contributed by atoms with van der Waals surface area (Å²) < 4.78 is 4.85. The Morgan fingerprint density at radius 2 is 2.04 bits per heavy atom. The van der Waals surface area contributed by atoms with Crippen LogP contribution in [0.3, 0.4) is 0 Å². The topological polar surface area (TPSA) is 75.7 Å². The number of carbonyl (C=O) groups is 3. The molecule has 1 aromatic carbocycles. The number of fused-ring (bicyclic) bond motifs is 1. The van der Waals surface area contributed by atoms with E-state index in [1.807, 2.05) is 18.2 Å². The molecule has 0 bridgehead atoms. The monoisotopic (exact) mass is 346 g/mol. The normalized spacial score (nSPS) is 16.1. The van der Waals surface area contributed by atoms with Crippen molar-refractivity contribution in [2.45, 2.75) is 45.6 Å². The minimum Gasteiger partial charge on any atom is -0.466 e. The van der Waals surface area contributed by atoms with Gasteiger partial charge in [0.05, 0.1) is 19.1 Å². The van der Waals surface area contributed by atoms with Crippen LogP contribution in [0.25, 0.3) is 0 Å². The van der Waals surface area contributed by atoms with Gasteiger partial charge >= 0.3 is 5.97 Å². The number of nitrogens with one attached hydrogen (secondary N) is 1. The largest absolute Gasteiger partial charge is 0.466 e. The van der Waals surface area contributed by atoms with Gasteiger partial charge in [0, 0.05) is 26.4 Å². The highest BCUT2D eigenvalue weighted by Gasteiger charge is 2.30. The molecule has 2 rings (SSSR count). The fourth-order valence-corrected chi connectivity index (χ4v) is 3.19. The van der Waals surface area contributed by atoms with Gasteiger partial charge in [-0.25, -0.2) is 0 Å². The molecule has 1 N–H and O–H groups in total. The molecule has 0 aliphatic carbocycles. The molecule has 2 amide bonds. The van der Waals surface area contributed by atoms with E-state index in [2.05, 4.69) is 11.4 Å². The molecular formula is C19H26N2O4. The van der Waals surface area contributed by atoms with Gasteiger partial charge in [0.2, 0.25) is 11.8 Å². The first-order valence-electron chi connectivity index (χ1n) is 8.80. The summed E-state index contributed by atoms with van der Waals surface area (Å²) in [6.07, 6.45) is 1.88. The van der Waals surface area contributed by atoms with E-state index in [1.165, 1.54) is 12.5 Å². The van der Waals surface area contributed by atoms with Crippen LogP contribution in [0.2, 0.25) is 0 Å². The first kappa shape index (κ1) is 19.0. The second-order valence-corrected chi connectivity index (χ2v) is 6.14. The molecule has 1 unspecified atom stereocenters. The number of rotatable bonds is 7. The Morgan fingerprint density at radius 1 is 1.28 bits per heavy atom. The second-order valence-electron chi connectivity index (χ2n) is 6.14. The lowest BCUT2D eigenvalue weighted by Gasteiger charge is -2.36. The van der Waals surface area contributed by atoms with Crippen molar-refractivity contribution in [1.82, 2.24) is 10.2 Å². The summed E-state index contributed by atoms with van der Waals surface area (Å²) in [6.45, 7) is 4.73. The van der Waals surface area contributed by atoms with E-state index in [1.54, 1.807) is 11.8 Å². The minimum atomic E-state index is -0.249. The van der Waals surface area contributed by atoms with Gasteiger partial charge < -0.3 is 15.0 Å². The van der Waals surface area contributed by atoms with E-state index in [0.717, 1.165) is 12.0 Å². The van der Waals surface area contributed by atoms with Crippen LogP contribution in [-0.4, -0.2) is 42.4 Å². The van der Waals surface area contributed by atoms with Crippen molar-refractivity contribution in [3.05, 3.63) is 35.4 Å². The summed E-state index contributed by atoms with van der Waals surface area (Å²) in [5.74, 6) is -0.382. The van der Waals surface area contributed by atoms with E-state index >= 15 is 0 Å². The van der Waals surface area contributed by atoms with E-state index in [0.29, 0.717) is 32.5 Å². The van der Waals surface area contributed by atoms with E-state index in [9.17, 15) is 14.4 Å². The predicted octanol–water partition coefficient (Wildman–Crippen LogP) is 1.98. The van der Waals surface area contributed by atoms with Crippen molar-refractivity contribution < 1.29 is 19.1 Å². The third kappa shape index (κ3) is 5.31. The van der Waals surface area contributed by atoms with Crippen molar-refractivity contribution in [3.63, 3.8) is 0 Å². The number of hydrogen-bond acceptors (Lipinski definition) is 4. The maximum Gasteiger partial charge on any atom is 0.305 e. The minimum absolute atomic E-state index is 0.0189. The summed E-state index contributed by atoms with van der Waals surface area (Å²) in [5, 5.41) is 2.83. The number of ether oxygens (including phenoxy) is 1. The highest BCUT2D eigenvalue weighted by Crippen LogP contribution is 2.32. The van der Waals surface area contributed by atoms with Crippen LogP contribution in [0.1, 0.15) is 50.3 Å². The van der Waals surface area contributed by atoms with Crippen LogP contribution in [0, 0.1) is 0 Å². The number of hydrogen-bond donors (Lipinski definition) is 1. The highest BCUT2D eigenvalue weighted by atomic mass is 16.5. The van der Waals surface area contributed by atoms with Gasteiger partial charge in [-0.2, -0.15) is 0 Å². The summed E-state index contributed by atoms with van der Waals surface area (Å²) in [6, 6.07) is 7.73. The molecule has 1 aliphatic heterocycles. The molecule has 0 saturated heterocycles. The molecule has 6 heteroatoms. The smallest absolute Gasteiger partial charge is 0.305 e. The molecule has 1 atom stereocenters. The maximum atomic E-state index is 12.3. The fourth-order valence-electron chi connectivity index (χ4n) is 3.19. The predicted molar refractivity (Wildman–Crippen MR) is 93.8 cm³/mol. The fraction of sp³-hybridized carbons (Fsp3) is 0.526. The Kier molecular flexibility index (Phi) is 6.98. The molecule has 1 aromatic rings. The van der Waals surface area contributed by atoms with Gasteiger partial charge in [-0.3, -0.25) is 14.4 Å². The van der Waals surface area contributed by atoms with Crippen LogP contribution in [0.4, 0.5) is 0 Å². The van der Waals surface area contributed by atoms with Gasteiger partial charge in [-0.15, -0.1) is 0 Å². The Hall–Kier alpha value is -2.37. The lowest BCUT2D eigenvalue weighted by atomic mass is 9.90. The molecule has 0 aromatic heterocycles. The van der Waals surface area contributed by atoms with Crippen molar-refractivity contribution >= 4 is 17.8 Å². The average molecular weight is 346 g/mol. The SMILES string of the molecule is CCOC(=O)CCCNC(=O)CC1c2ccccc2CCN1C(C)=O. The van der Waals surface area contributed by atoms with Gasteiger partial charge in [0.15, 0.2) is 0 Å². The summed E-state index contributed by atoms with van der Waals surface area (Å²) >= 11 is 0. The van der Waals surface area contributed by atoms with E-state index < -0.39 is 0 Å². The van der Waals surface area contributed by atoms with Crippen LogP contribution in [-0.2, 0) is 25.5 Å². The van der Waals surface area contributed by atoms with Gasteiger partial charge in [0.25, 0.3) is 0 Å². The lowest BCUT2D eigenvalue weighted by molar-refractivity contribution is -0.143. The zero-order chi connectivity index (χ0) is 18.2.